The first-order valence-corrected chi connectivity index (χ1v) is 10.3. The zero-order valence-corrected chi connectivity index (χ0v) is 16.4. The van der Waals surface area contributed by atoms with E-state index in [9.17, 15) is 4.79 Å². The molecule has 27 heavy (non-hydrogen) atoms. The summed E-state index contributed by atoms with van der Waals surface area (Å²) in [5.74, 6) is 1.38. The molecule has 1 saturated heterocycles. The van der Waals surface area contributed by atoms with Crippen molar-refractivity contribution in [2.75, 3.05) is 32.1 Å². The lowest BCUT2D eigenvalue weighted by Crippen LogP contribution is -2.27. The minimum atomic E-state index is -0.395. The van der Waals surface area contributed by atoms with Crippen molar-refractivity contribution in [2.45, 2.75) is 57.4 Å². The summed E-state index contributed by atoms with van der Waals surface area (Å²) < 4.78 is 4.57. The molecule has 1 aliphatic heterocycles. The Morgan fingerprint density at radius 1 is 1.26 bits per heavy atom. The van der Waals surface area contributed by atoms with E-state index in [0.717, 1.165) is 31.2 Å². The van der Waals surface area contributed by atoms with Crippen molar-refractivity contribution in [3.63, 3.8) is 0 Å². The molecule has 2 fully saturated rings. The van der Waals surface area contributed by atoms with E-state index in [1.807, 2.05) is 0 Å². The second kappa shape index (κ2) is 10.4. The van der Waals surface area contributed by atoms with Crippen LogP contribution in [0.25, 0.3) is 6.08 Å². The Morgan fingerprint density at radius 2 is 2.11 bits per heavy atom. The summed E-state index contributed by atoms with van der Waals surface area (Å²) in [6.07, 6.45) is 17.5. The number of ether oxygens (including phenoxy) is 1. The van der Waals surface area contributed by atoms with Crippen LogP contribution in [0.5, 0.6) is 0 Å². The third-order valence-corrected chi connectivity index (χ3v) is 5.70. The molecule has 0 radical (unpaired) electrons. The fraction of sp³-hybridized carbons (Fsp3) is 0.667. The largest absolute Gasteiger partial charge is 0.466 e. The Balaban J connectivity index is 1.36. The van der Waals surface area contributed by atoms with Gasteiger partial charge in [0.05, 0.1) is 25.2 Å². The van der Waals surface area contributed by atoms with E-state index in [1.54, 1.807) is 18.5 Å². The van der Waals surface area contributed by atoms with Gasteiger partial charge in [0.2, 0.25) is 0 Å². The van der Waals surface area contributed by atoms with Crippen molar-refractivity contribution >= 4 is 17.9 Å². The molecule has 0 aromatic carbocycles. The van der Waals surface area contributed by atoms with Crippen molar-refractivity contribution in [2.24, 2.45) is 5.92 Å². The lowest BCUT2D eigenvalue weighted by atomic mass is 9.86. The van der Waals surface area contributed by atoms with Gasteiger partial charge in [-0.2, -0.15) is 0 Å². The molecular formula is C21H32N4O2. The Bertz CT molecular complexity index is 611. The molecule has 1 aliphatic carbocycles. The maximum Gasteiger partial charge on any atom is 0.330 e. The third kappa shape index (κ3) is 6.61. The summed E-state index contributed by atoms with van der Waals surface area (Å²) in [5.41, 5.74) is 0.640. The number of rotatable bonds is 8. The second-order valence-corrected chi connectivity index (χ2v) is 7.76. The number of aromatic nitrogens is 2. The summed E-state index contributed by atoms with van der Waals surface area (Å²) in [6.45, 7) is 3.46. The van der Waals surface area contributed by atoms with Crippen molar-refractivity contribution in [1.82, 2.24) is 14.9 Å². The second-order valence-electron chi connectivity index (χ2n) is 7.76. The Morgan fingerprint density at radius 3 is 2.85 bits per heavy atom. The molecule has 6 nitrogen and oxygen atoms in total. The van der Waals surface area contributed by atoms with Crippen LogP contribution in [0.1, 0.15) is 57.1 Å². The molecule has 1 saturated carbocycles. The summed E-state index contributed by atoms with van der Waals surface area (Å²) in [4.78, 5) is 22.4. The predicted octanol–water partition coefficient (Wildman–Crippen LogP) is 3.51. The molecule has 0 spiro atoms. The predicted molar refractivity (Wildman–Crippen MR) is 107 cm³/mol. The van der Waals surface area contributed by atoms with E-state index in [4.69, 9.17) is 0 Å². The average molecular weight is 373 g/mol. The van der Waals surface area contributed by atoms with E-state index < -0.39 is 5.97 Å². The van der Waals surface area contributed by atoms with Gasteiger partial charge in [-0.05, 0) is 37.8 Å². The number of nitrogens with zero attached hydrogens (tertiary/aromatic N) is 3. The minimum Gasteiger partial charge on any atom is -0.466 e. The highest BCUT2D eigenvalue weighted by atomic mass is 16.5. The van der Waals surface area contributed by atoms with Crippen molar-refractivity contribution in [3.05, 3.63) is 24.2 Å². The summed E-state index contributed by atoms with van der Waals surface area (Å²) in [7, 11) is 1.35. The Hall–Kier alpha value is -1.95. The SMILES string of the molecule is COC(=O)/C=C/c1cnc(N[C@@H]2CCN(CCCC3CCCCC3)C2)cn1. The first kappa shape index (κ1) is 19.8. The fourth-order valence-corrected chi connectivity index (χ4v) is 4.16. The third-order valence-electron chi connectivity index (χ3n) is 5.70. The van der Waals surface area contributed by atoms with Crippen LogP contribution in [0, 0.1) is 5.92 Å². The Kier molecular flexibility index (Phi) is 7.63. The van der Waals surface area contributed by atoms with E-state index >= 15 is 0 Å². The van der Waals surface area contributed by atoms with Crippen LogP contribution >= 0.6 is 0 Å². The summed E-state index contributed by atoms with van der Waals surface area (Å²) >= 11 is 0. The van der Waals surface area contributed by atoms with Crippen LogP contribution in [0.15, 0.2) is 18.5 Å². The van der Waals surface area contributed by atoms with Crippen LogP contribution < -0.4 is 5.32 Å². The molecule has 0 bridgehead atoms. The molecular weight excluding hydrogens is 340 g/mol. The monoisotopic (exact) mass is 372 g/mol. The highest BCUT2D eigenvalue weighted by Gasteiger charge is 2.22. The molecule has 3 rings (SSSR count). The van der Waals surface area contributed by atoms with Gasteiger partial charge in [-0.25, -0.2) is 9.78 Å². The van der Waals surface area contributed by atoms with Crippen LogP contribution in [0.2, 0.25) is 0 Å². The van der Waals surface area contributed by atoms with E-state index in [0.29, 0.717) is 11.7 Å². The van der Waals surface area contributed by atoms with Gasteiger partial charge >= 0.3 is 5.97 Å². The number of methoxy groups -OCH3 is 1. The van der Waals surface area contributed by atoms with Gasteiger partial charge in [0.25, 0.3) is 0 Å². The van der Waals surface area contributed by atoms with Crippen LogP contribution in [0.3, 0.4) is 0 Å². The number of carbonyl (C=O) groups excluding carboxylic acids is 1. The maximum atomic E-state index is 11.1. The van der Waals surface area contributed by atoms with Gasteiger partial charge in [-0.15, -0.1) is 0 Å². The Labute approximate surface area is 162 Å². The highest BCUT2D eigenvalue weighted by molar-refractivity contribution is 5.86. The van der Waals surface area contributed by atoms with Gasteiger partial charge in [0, 0.05) is 25.2 Å². The molecule has 1 aromatic heterocycles. The summed E-state index contributed by atoms with van der Waals surface area (Å²) in [5, 5.41) is 3.48. The molecule has 2 heterocycles. The molecule has 1 atom stereocenters. The first-order valence-electron chi connectivity index (χ1n) is 10.3. The molecule has 148 valence electrons. The number of likely N-dealkylation sites (tertiary alicyclic amines) is 1. The topological polar surface area (TPSA) is 67.3 Å². The van der Waals surface area contributed by atoms with Gasteiger partial charge in [-0.3, -0.25) is 4.98 Å². The minimum absolute atomic E-state index is 0.395. The van der Waals surface area contributed by atoms with Crippen molar-refractivity contribution < 1.29 is 9.53 Å². The summed E-state index contributed by atoms with van der Waals surface area (Å²) in [6, 6.07) is 0.436. The normalized spacial score (nSPS) is 21.6. The molecule has 0 unspecified atom stereocenters. The quantitative estimate of drug-likeness (QED) is 0.556. The number of anilines is 1. The number of carbonyl (C=O) groups is 1. The first-order chi connectivity index (χ1) is 13.2. The molecule has 1 N–H and O–H groups in total. The smallest absolute Gasteiger partial charge is 0.330 e. The van der Waals surface area contributed by atoms with E-state index in [-0.39, 0.29) is 0 Å². The van der Waals surface area contributed by atoms with Gasteiger partial charge < -0.3 is 15.0 Å². The zero-order chi connectivity index (χ0) is 18.9. The number of hydrogen-bond acceptors (Lipinski definition) is 6. The molecule has 0 amide bonds. The van der Waals surface area contributed by atoms with Crippen LogP contribution in [0.4, 0.5) is 5.82 Å². The molecule has 6 heteroatoms. The van der Waals surface area contributed by atoms with Gasteiger partial charge in [0.1, 0.15) is 5.82 Å². The maximum absolute atomic E-state index is 11.1. The van der Waals surface area contributed by atoms with Gasteiger partial charge in [-0.1, -0.05) is 32.1 Å². The van der Waals surface area contributed by atoms with Gasteiger partial charge in [0.15, 0.2) is 0 Å². The van der Waals surface area contributed by atoms with Crippen molar-refractivity contribution in [1.29, 1.82) is 0 Å². The highest BCUT2D eigenvalue weighted by Crippen LogP contribution is 2.27. The average Bonchev–Trinajstić information content (AvgIpc) is 3.15. The number of hydrogen-bond donors (Lipinski definition) is 1. The lowest BCUT2D eigenvalue weighted by molar-refractivity contribution is -0.134. The van der Waals surface area contributed by atoms with E-state index in [1.165, 1.54) is 64.7 Å². The molecule has 2 aliphatic rings. The fourth-order valence-electron chi connectivity index (χ4n) is 4.16. The lowest BCUT2D eigenvalue weighted by Gasteiger charge is -2.23. The molecule has 1 aromatic rings. The van der Waals surface area contributed by atoms with Crippen molar-refractivity contribution in [3.8, 4) is 0 Å². The zero-order valence-electron chi connectivity index (χ0n) is 16.4. The van der Waals surface area contributed by atoms with Crippen LogP contribution in [-0.4, -0.2) is 53.6 Å². The van der Waals surface area contributed by atoms with E-state index in [2.05, 4.69) is 24.9 Å². The number of nitrogens with one attached hydrogen (secondary N) is 1. The standard InChI is InChI=1S/C21H32N4O2/c1-27-21(26)10-9-18-14-23-20(15-22-18)24-19-11-13-25(16-19)12-5-8-17-6-3-2-4-7-17/h9-10,14-15,17,19H,2-8,11-13,16H2,1H3,(H,23,24)/b10-9+/t19-/m1/s1. The van der Waals surface area contributed by atoms with Crippen LogP contribution in [-0.2, 0) is 9.53 Å². The number of esters is 1.